The molecule has 0 aliphatic rings. The Balaban J connectivity index is 0.00000364. The molecule has 0 saturated heterocycles. The third-order valence-electron chi connectivity index (χ3n) is 4.23. The van der Waals surface area contributed by atoms with Crippen LogP contribution in [0.2, 0.25) is 0 Å². The minimum absolute atomic E-state index is 0. The predicted molar refractivity (Wildman–Crippen MR) is 112 cm³/mol. The van der Waals surface area contributed by atoms with Crippen molar-refractivity contribution < 1.29 is 14.4 Å². The van der Waals surface area contributed by atoms with E-state index in [4.69, 9.17) is 0 Å². The lowest BCUT2D eigenvalue weighted by Gasteiger charge is -2.31. The summed E-state index contributed by atoms with van der Waals surface area (Å²) in [7, 11) is 3.71. The molecule has 146 valence electrons. The maximum atomic E-state index is 12.4. The predicted octanol–water partition coefficient (Wildman–Crippen LogP) is 3.14. The summed E-state index contributed by atoms with van der Waals surface area (Å²) in [6.07, 6.45) is 0. The SMILES string of the molecule is Cc1ccccc1NC(=O)C[N+](C)(C)CC([O-])=Nc1c(C)cccc1C.Cl. The molecule has 0 atom stereocenters. The van der Waals surface area contributed by atoms with Gasteiger partial charge in [0.2, 0.25) is 0 Å². The first-order valence-electron chi connectivity index (χ1n) is 8.66. The van der Waals surface area contributed by atoms with Gasteiger partial charge in [-0.2, -0.15) is 0 Å². The van der Waals surface area contributed by atoms with Crippen molar-refractivity contribution in [3.8, 4) is 0 Å². The first-order chi connectivity index (χ1) is 12.2. The van der Waals surface area contributed by atoms with Crippen LogP contribution in [0.15, 0.2) is 47.5 Å². The molecule has 0 radical (unpaired) electrons. The van der Waals surface area contributed by atoms with Crippen molar-refractivity contribution in [1.29, 1.82) is 0 Å². The maximum Gasteiger partial charge on any atom is 0.279 e. The Kier molecular flexibility index (Phi) is 8.00. The molecule has 0 heterocycles. The third-order valence-corrected chi connectivity index (χ3v) is 4.23. The lowest BCUT2D eigenvalue weighted by Crippen LogP contribution is -2.51. The Hall–Kier alpha value is -2.37. The number of benzene rings is 2. The van der Waals surface area contributed by atoms with E-state index in [0.29, 0.717) is 0 Å². The molecule has 0 saturated carbocycles. The summed E-state index contributed by atoms with van der Waals surface area (Å²) in [5, 5.41) is 15.3. The van der Waals surface area contributed by atoms with E-state index in [2.05, 4.69) is 10.3 Å². The molecule has 0 fully saturated rings. The second-order valence-corrected chi connectivity index (χ2v) is 7.36. The number of hydrogen-bond donors (Lipinski definition) is 1. The highest BCUT2D eigenvalue weighted by molar-refractivity contribution is 5.92. The zero-order chi connectivity index (χ0) is 19.3. The number of carbonyl (C=O) groups is 1. The molecular weight excluding hydrogens is 362 g/mol. The highest BCUT2D eigenvalue weighted by atomic mass is 35.5. The summed E-state index contributed by atoms with van der Waals surface area (Å²) < 4.78 is 0.241. The smallest absolute Gasteiger partial charge is 0.279 e. The minimum atomic E-state index is -0.226. The Labute approximate surface area is 167 Å². The van der Waals surface area contributed by atoms with E-state index in [0.717, 1.165) is 28.1 Å². The van der Waals surface area contributed by atoms with Crippen LogP contribution in [0.4, 0.5) is 11.4 Å². The normalized spacial score (nSPS) is 11.7. The van der Waals surface area contributed by atoms with Crippen LogP contribution in [0, 0.1) is 20.8 Å². The van der Waals surface area contributed by atoms with E-state index in [1.54, 1.807) is 0 Å². The quantitative estimate of drug-likeness (QED) is 0.468. The van der Waals surface area contributed by atoms with E-state index in [-0.39, 0.29) is 41.8 Å². The Bertz CT molecular complexity index is 812. The van der Waals surface area contributed by atoms with Crippen molar-refractivity contribution in [1.82, 2.24) is 0 Å². The lowest BCUT2D eigenvalue weighted by atomic mass is 10.1. The van der Waals surface area contributed by atoms with Crippen LogP contribution in [-0.4, -0.2) is 43.5 Å². The molecule has 1 N–H and O–H groups in total. The molecular formula is C21H28ClN3O2. The van der Waals surface area contributed by atoms with Crippen molar-refractivity contribution in [2.75, 3.05) is 32.5 Å². The number of hydrogen-bond acceptors (Lipinski definition) is 3. The molecule has 6 heteroatoms. The van der Waals surface area contributed by atoms with Crippen LogP contribution in [0.3, 0.4) is 0 Å². The Morgan fingerprint density at radius 3 is 2.11 bits per heavy atom. The summed E-state index contributed by atoms with van der Waals surface area (Å²) in [6, 6.07) is 13.5. The molecule has 0 spiro atoms. The van der Waals surface area contributed by atoms with Crippen molar-refractivity contribution in [2.24, 2.45) is 4.99 Å². The number of quaternary nitrogens is 1. The molecule has 2 aromatic rings. The zero-order valence-corrected chi connectivity index (χ0v) is 17.4. The van der Waals surface area contributed by atoms with E-state index >= 15 is 0 Å². The van der Waals surface area contributed by atoms with E-state index in [1.807, 2.05) is 77.3 Å². The fourth-order valence-electron chi connectivity index (χ4n) is 2.86. The highest BCUT2D eigenvalue weighted by Crippen LogP contribution is 2.23. The second kappa shape index (κ2) is 9.53. The number of carbonyl (C=O) groups excluding carboxylic acids is 1. The summed E-state index contributed by atoms with van der Waals surface area (Å²) in [5.74, 6) is -0.347. The molecule has 0 bridgehead atoms. The lowest BCUT2D eigenvalue weighted by molar-refractivity contribution is -0.875. The number of aliphatic imine (C=N–C) groups is 1. The Morgan fingerprint density at radius 2 is 1.52 bits per heavy atom. The molecule has 0 aliphatic heterocycles. The van der Waals surface area contributed by atoms with Crippen LogP contribution in [0.25, 0.3) is 0 Å². The number of para-hydroxylation sites is 2. The number of halogens is 1. The van der Waals surface area contributed by atoms with Gasteiger partial charge >= 0.3 is 0 Å². The number of nitrogens with one attached hydrogen (secondary N) is 1. The first-order valence-corrected chi connectivity index (χ1v) is 8.66. The van der Waals surface area contributed by atoms with Crippen molar-refractivity contribution >= 4 is 35.6 Å². The van der Waals surface area contributed by atoms with Crippen LogP contribution in [0.5, 0.6) is 0 Å². The molecule has 2 aromatic carbocycles. The first kappa shape index (κ1) is 22.7. The fraction of sp³-hybridized carbons (Fsp3) is 0.333. The topological polar surface area (TPSA) is 64.5 Å². The van der Waals surface area contributed by atoms with Crippen molar-refractivity contribution in [2.45, 2.75) is 20.8 Å². The summed E-state index contributed by atoms with van der Waals surface area (Å²) in [6.45, 7) is 6.18. The molecule has 5 nitrogen and oxygen atoms in total. The van der Waals surface area contributed by atoms with E-state index < -0.39 is 0 Å². The molecule has 0 aromatic heterocycles. The standard InChI is InChI=1S/C21H27N3O2.ClH/c1-15-9-6-7-12-18(15)22-19(25)13-24(4,5)14-20(26)23-21-16(2)10-8-11-17(21)3;/h6-12H,13-14H2,1-5H3,(H-,22,23,25,26);1H. The Morgan fingerprint density at radius 1 is 0.963 bits per heavy atom. The summed E-state index contributed by atoms with van der Waals surface area (Å²) in [5.41, 5.74) is 4.47. The van der Waals surface area contributed by atoms with Crippen LogP contribution >= 0.6 is 12.4 Å². The van der Waals surface area contributed by atoms with Gasteiger partial charge in [0.1, 0.15) is 6.54 Å². The maximum absolute atomic E-state index is 12.4. The van der Waals surface area contributed by atoms with E-state index in [9.17, 15) is 9.90 Å². The van der Waals surface area contributed by atoms with Crippen LogP contribution in [-0.2, 0) is 4.79 Å². The zero-order valence-electron chi connectivity index (χ0n) is 16.6. The number of aryl methyl sites for hydroxylation is 3. The van der Waals surface area contributed by atoms with Gasteiger partial charge in [0.15, 0.2) is 6.54 Å². The average molecular weight is 390 g/mol. The van der Waals surface area contributed by atoms with Gasteiger partial charge < -0.3 is 14.9 Å². The largest absolute Gasteiger partial charge is 0.858 e. The summed E-state index contributed by atoms with van der Waals surface area (Å²) in [4.78, 5) is 16.6. The fourth-order valence-corrected chi connectivity index (χ4v) is 2.86. The molecule has 0 aliphatic carbocycles. The van der Waals surface area contributed by atoms with Gasteiger partial charge in [0, 0.05) is 11.6 Å². The average Bonchev–Trinajstić information content (AvgIpc) is 2.52. The van der Waals surface area contributed by atoms with Crippen LogP contribution < -0.4 is 10.4 Å². The number of amides is 1. The number of anilines is 1. The van der Waals surface area contributed by atoms with Gasteiger partial charge in [-0.1, -0.05) is 36.4 Å². The monoisotopic (exact) mass is 389 g/mol. The van der Waals surface area contributed by atoms with Crippen molar-refractivity contribution in [3.05, 3.63) is 59.2 Å². The van der Waals surface area contributed by atoms with Gasteiger partial charge in [-0.25, -0.2) is 0 Å². The third kappa shape index (κ3) is 6.70. The number of nitrogens with zero attached hydrogens (tertiary/aromatic N) is 2. The van der Waals surface area contributed by atoms with Crippen molar-refractivity contribution in [3.63, 3.8) is 0 Å². The van der Waals surface area contributed by atoms with Gasteiger partial charge in [-0.05, 0) is 43.5 Å². The van der Waals surface area contributed by atoms with Gasteiger partial charge in [0.25, 0.3) is 5.91 Å². The highest BCUT2D eigenvalue weighted by Gasteiger charge is 2.20. The molecule has 0 unspecified atom stereocenters. The second-order valence-electron chi connectivity index (χ2n) is 7.36. The summed E-state index contributed by atoms with van der Waals surface area (Å²) >= 11 is 0. The molecule has 1 amide bonds. The molecule has 27 heavy (non-hydrogen) atoms. The minimum Gasteiger partial charge on any atom is -0.858 e. The number of likely N-dealkylation sites (N-methyl/N-ethyl adjacent to an activating group) is 1. The van der Waals surface area contributed by atoms with Crippen LogP contribution in [0.1, 0.15) is 16.7 Å². The molecule has 2 rings (SSSR count). The van der Waals surface area contributed by atoms with Gasteiger partial charge in [-0.15, -0.1) is 12.4 Å². The van der Waals surface area contributed by atoms with Gasteiger partial charge in [-0.3, -0.25) is 9.79 Å². The number of rotatable bonds is 6. The van der Waals surface area contributed by atoms with E-state index in [1.165, 1.54) is 0 Å². The van der Waals surface area contributed by atoms with Gasteiger partial charge in [0.05, 0.1) is 19.8 Å².